The van der Waals surface area contributed by atoms with E-state index in [1.54, 1.807) is 0 Å². The molecule has 1 rings (SSSR count). The molecule has 0 bridgehead atoms. The highest BCUT2D eigenvalue weighted by Crippen LogP contribution is 2.15. The normalized spacial score (nSPS) is 10.7. The molecule has 0 atom stereocenters. The van der Waals surface area contributed by atoms with Crippen molar-refractivity contribution in [2.24, 2.45) is 0 Å². The van der Waals surface area contributed by atoms with Gasteiger partial charge >= 0.3 is 0 Å². The molecular formula is C12H20INO. The minimum atomic E-state index is 0. The number of hydrogen-bond acceptors (Lipinski definition) is 1. The van der Waals surface area contributed by atoms with E-state index in [1.165, 1.54) is 5.56 Å². The summed E-state index contributed by atoms with van der Waals surface area (Å²) in [6, 6.07) is 8.32. The van der Waals surface area contributed by atoms with E-state index in [4.69, 9.17) is 4.74 Å². The number of ether oxygens (including phenoxy) is 1. The maximum Gasteiger partial charge on any atom is 0.119 e. The molecule has 0 heterocycles. The van der Waals surface area contributed by atoms with Crippen molar-refractivity contribution in [2.45, 2.75) is 13.5 Å². The first kappa shape index (κ1) is 14.7. The van der Waals surface area contributed by atoms with Crippen molar-refractivity contribution in [2.75, 3.05) is 27.7 Å². The Bertz CT molecular complexity index is 294. The third-order valence-electron chi connectivity index (χ3n) is 1.87. The van der Waals surface area contributed by atoms with Crippen LogP contribution >= 0.6 is 0 Å². The van der Waals surface area contributed by atoms with Gasteiger partial charge in [-0.3, -0.25) is 0 Å². The largest absolute Gasteiger partial charge is 1.00 e. The van der Waals surface area contributed by atoms with Gasteiger partial charge in [-0.05, 0) is 19.1 Å². The SMILES string of the molecule is CCOc1cccc(C[N+](C)(C)C)c1.[I-]. The van der Waals surface area contributed by atoms with Gasteiger partial charge in [0.2, 0.25) is 0 Å². The topological polar surface area (TPSA) is 9.23 Å². The fourth-order valence-corrected chi connectivity index (χ4v) is 1.45. The van der Waals surface area contributed by atoms with Crippen molar-refractivity contribution in [1.82, 2.24) is 0 Å². The molecule has 0 saturated heterocycles. The molecule has 1 aromatic rings. The maximum absolute atomic E-state index is 5.45. The van der Waals surface area contributed by atoms with E-state index in [9.17, 15) is 0 Å². The summed E-state index contributed by atoms with van der Waals surface area (Å²) < 4.78 is 6.39. The Balaban J connectivity index is 0.00000196. The molecule has 0 aliphatic carbocycles. The van der Waals surface area contributed by atoms with Crippen molar-refractivity contribution >= 4 is 0 Å². The molecule has 0 saturated carbocycles. The molecule has 3 heteroatoms. The standard InChI is InChI=1S/C12H20NO.HI/c1-5-14-12-8-6-7-11(9-12)10-13(2,3)4;/h6-9H,5,10H2,1-4H3;1H/q+1;/p-1. The molecule has 0 aromatic heterocycles. The Kier molecular flexibility index (Phi) is 6.20. The summed E-state index contributed by atoms with van der Waals surface area (Å²) in [6.45, 7) is 3.77. The summed E-state index contributed by atoms with van der Waals surface area (Å²) in [5, 5.41) is 0. The lowest BCUT2D eigenvalue weighted by Gasteiger charge is -2.24. The van der Waals surface area contributed by atoms with E-state index < -0.39 is 0 Å². The minimum absolute atomic E-state index is 0. The third kappa shape index (κ3) is 5.99. The summed E-state index contributed by atoms with van der Waals surface area (Å²) >= 11 is 0. The van der Waals surface area contributed by atoms with Crippen LogP contribution in [0.3, 0.4) is 0 Å². The lowest BCUT2D eigenvalue weighted by atomic mass is 10.2. The molecule has 0 aliphatic rings. The molecule has 15 heavy (non-hydrogen) atoms. The molecular weight excluding hydrogens is 301 g/mol. The van der Waals surface area contributed by atoms with Gasteiger partial charge in [0.1, 0.15) is 12.3 Å². The van der Waals surface area contributed by atoms with E-state index in [1.807, 2.05) is 13.0 Å². The lowest BCUT2D eigenvalue weighted by Crippen LogP contribution is -3.00. The van der Waals surface area contributed by atoms with Gasteiger partial charge in [-0.1, -0.05) is 12.1 Å². The summed E-state index contributed by atoms with van der Waals surface area (Å²) in [6.07, 6.45) is 0. The zero-order valence-electron chi connectivity index (χ0n) is 9.96. The van der Waals surface area contributed by atoms with Crippen molar-refractivity contribution < 1.29 is 33.2 Å². The summed E-state index contributed by atoms with van der Waals surface area (Å²) in [4.78, 5) is 0. The number of benzene rings is 1. The fourth-order valence-electron chi connectivity index (χ4n) is 1.45. The van der Waals surface area contributed by atoms with E-state index >= 15 is 0 Å². The minimum Gasteiger partial charge on any atom is -1.00 e. The van der Waals surface area contributed by atoms with Crippen LogP contribution in [0.4, 0.5) is 0 Å². The van der Waals surface area contributed by atoms with Gasteiger partial charge in [-0.2, -0.15) is 0 Å². The highest BCUT2D eigenvalue weighted by atomic mass is 127. The molecule has 0 aliphatic heterocycles. The number of halogens is 1. The number of quaternary nitrogens is 1. The first-order valence-electron chi connectivity index (χ1n) is 5.03. The van der Waals surface area contributed by atoms with Crippen LogP contribution in [-0.2, 0) is 6.54 Å². The fraction of sp³-hybridized carbons (Fsp3) is 0.500. The summed E-state index contributed by atoms with van der Waals surface area (Å²) in [7, 11) is 6.56. The van der Waals surface area contributed by atoms with Gasteiger partial charge in [0.25, 0.3) is 0 Å². The average Bonchev–Trinajstić information content (AvgIpc) is 2.02. The van der Waals surface area contributed by atoms with Crippen LogP contribution < -0.4 is 28.7 Å². The number of nitrogens with zero attached hydrogens (tertiary/aromatic N) is 1. The monoisotopic (exact) mass is 321 g/mol. The second-order valence-corrected chi connectivity index (χ2v) is 4.53. The van der Waals surface area contributed by atoms with Gasteiger partial charge in [0.05, 0.1) is 27.7 Å². The molecule has 0 radical (unpaired) electrons. The Labute approximate surface area is 110 Å². The molecule has 0 spiro atoms. The first-order chi connectivity index (χ1) is 6.51. The molecule has 0 fully saturated rings. The highest BCUT2D eigenvalue weighted by molar-refractivity contribution is 5.27. The molecule has 86 valence electrons. The number of rotatable bonds is 4. The molecule has 0 N–H and O–H groups in total. The third-order valence-corrected chi connectivity index (χ3v) is 1.87. The summed E-state index contributed by atoms with van der Waals surface area (Å²) in [5.41, 5.74) is 1.32. The van der Waals surface area contributed by atoms with Gasteiger partial charge in [0, 0.05) is 5.56 Å². The van der Waals surface area contributed by atoms with Crippen LogP contribution in [0.2, 0.25) is 0 Å². The van der Waals surface area contributed by atoms with E-state index in [-0.39, 0.29) is 24.0 Å². The molecule has 1 aromatic carbocycles. The Morgan fingerprint density at radius 1 is 1.20 bits per heavy atom. The molecule has 0 amide bonds. The van der Waals surface area contributed by atoms with Crippen molar-refractivity contribution in [3.63, 3.8) is 0 Å². The van der Waals surface area contributed by atoms with Crippen LogP contribution in [-0.4, -0.2) is 32.2 Å². The van der Waals surface area contributed by atoms with Gasteiger partial charge < -0.3 is 33.2 Å². The second kappa shape index (κ2) is 6.33. The average molecular weight is 321 g/mol. The highest BCUT2D eigenvalue weighted by Gasteiger charge is 2.08. The van der Waals surface area contributed by atoms with Gasteiger partial charge in [-0.25, -0.2) is 0 Å². The summed E-state index contributed by atoms with van der Waals surface area (Å²) in [5.74, 6) is 0.971. The van der Waals surface area contributed by atoms with Crippen LogP contribution in [0, 0.1) is 0 Å². The predicted octanol–water partition coefficient (Wildman–Crippen LogP) is -0.704. The smallest absolute Gasteiger partial charge is 0.119 e. The van der Waals surface area contributed by atoms with Crippen molar-refractivity contribution in [1.29, 1.82) is 0 Å². The molecule has 0 unspecified atom stereocenters. The van der Waals surface area contributed by atoms with Crippen LogP contribution in [0.5, 0.6) is 5.75 Å². The Morgan fingerprint density at radius 2 is 1.87 bits per heavy atom. The first-order valence-corrected chi connectivity index (χ1v) is 5.03. The van der Waals surface area contributed by atoms with Crippen molar-refractivity contribution in [3.05, 3.63) is 29.8 Å². The lowest BCUT2D eigenvalue weighted by molar-refractivity contribution is -0.884. The predicted molar refractivity (Wildman–Crippen MR) is 59.3 cm³/mol. The zero-order chi connectivity index (χ0) is 10.6. The molecule has 2 nitrogen and oxygen atoms in total. The van der Waals surface area contributed by atoms with E-state index in [2.05, 4.69) is 39.3 Å². The Morgan fingerprint density at radius 3 is 2.40 bits per heavy atom. The van der Waals surface area contributed by atoms with Crippen molar-refractivity contribution in [3.8, 4) is 5.75 Å². The van der Waals surface area contributed by atoms with Crippen LogP contribution in [0.1, 0.15) is 12.5 Å². The van der Waals surface area contributed by atoms with Crippen LogP contribution in [0.25, 0.3) is 0 Å². The van der Waals surface area contributed by atoms with E-state index in [0.29, 0.717) is 0 Å². The maximum atomic E-state index is 5.45. The van der Waals surface area contributed by atoms with E-state index in [0.717, 1.165) is 23.4 Å². The zero-order valence-corrected chi connectivity index (χ0v) is 12.1. The van der Waals surface area contributed by atoms with Crippen LogP contribution in [0.15, 0.2) is 24.3 Å². The quantitative estimate of drug-likeness (QED) is 0.526. The van der Waals surface area contributed by atoms with Gasteiger partial charge in [0.15, 0.2) is 0 Å². The number of hydrogen-bond donors (Lipinski definition) is 0. The van der Waals surface area contributed by atoms with Gasteiger partial charge in [-0.15, -0.1) is 0 Å². The second-order valence-electron chi connectivity index (χ2n) is 4.53. The Hall–Kier alpha value is -0.290.